The van der Waals surface area contributed by atoms with Gasteiger partial charge in [0.1, 0.15) is 0 Å². The van der Waals surface area contributed by atoms with Gasteiger partial charge >= 0.3 is 5.97 Å². The zero-order valence-electron chi connectivity index (χ0n) is 6.04. The van der Waals surface area contributed by atoms with Crippen LogP contribution in [0.4, 0.5) is 0 Å². The second-order valence-corrected chi connectivity index (χ2v) is 2.15. The van der Waals surface area contributed by atoms with Crippen molar-refractivity contribution in [1.29, 1.82) is 0 Å². The number of carboxylic acids is 1. The third kappa shape index (κ3) is 7.72. The van der Waals surface area contributed by atoms with Crippen LogP contribution in [0.5, 0.6) is 0 Å². The maximum Gasteiger partial charge on any atom is 0.304 e. The first-order valence-electron chi connectivity index (χ1n) is 3.14. The monoisotopic (exact) mass is 167 g/mol. The SMILES string of the molecule is CCCC(N)CC(=O)O.Cl. The van der Waals surface area contributed by atoms with Gasteiger partial charge in [0, 0.05) is 6.04 Å². The molecule has 3 nitrogen and oxygen atoms in total. The molecule has 0 aliphatic heterocycles. The Hall–Kier alpha value is -0.280. The molecule has 0 fully saturated rings. The number of nitrogens with two attached hydrogens (primary N) is 1. The molecule has 0 bridgehead atoms. The minimum atomic E-state index is -0.809. The van der Waals surface area contributed by atoms with Gasteiger partial charge < -0.3 is 10.8 Å². The van der Waals surface area contributed by atoms with Crippen molar-refractivity contribution in [2.45, 2.75) is 32.2 Å². The van der Waals surface area contributed by atoms with Crippen molar-refractivity contribution in [2.24, 2.45) is 5.73 Å². The van der Waals surface area contributed by atoms with E-state index >= 15 is 0 Å². The Labute approximate surface area is 67.0 Å². The van der Waals surface area contributed by atoms with Crippen molar-refractivity contribution in [3.63, 3.8) is 0 Å². The molecule has 62 valence electrons. The van der Waals surface area contributed by atoms with Crippen molar-refractivity contribution in [3.05, 3.63) is 0 Å². The summed E-state index contributed by atoms with van der Waals surface area (Å²) in [5.41, 5.74) is 5.40. The average Bonchev–Trinajstić information content (AvgIpc) is 1.63. The highest BCUT2D eigenvalue weighted by atomic mass is 35.5. The number of rotatable bonds is 4. The van der Waals surface area contributed by atoms with Crippen LogP contribution in [0, 0.1) is 0 Å². The van der Waals surface area contributed by atoms with E-state index < -0.39 is 5.97 Å². The summed E-state index contributed by atoms with van der Waals surface area (Å²) in [7, 11) is 0. The van der Waals surface area contributed by atoms with Crippen LogP contribution in [-0.4, -0.2) is 17.1 Å². The topological polar surface area (TPSA) is 63.3 Å². The van der Waals surface area contributed by atoms with E-state index in [1.54, 1.807) is 0 Å². The number of hydrogen-bond donors (Lipinski definition) is 2. The van der Waals surface area contributed by atoms with E-state index in [1.807, 2.05) is 6.92 Å². The van der Waals surface area contributed by atoms with Gasteiger partial charge in [-0.05, 0) is 6.42 Å². The summed E-state index contributed by atoms with van der Waals surface area (Å²) in [6.45, 7) is 1.99. The lowest BCUT2D eigenvalue weighted by atomic mass is 10.1. The van der Waals surface area contributed by atoms with Crippen molar-refractivity contribution < 1.29 is 9.90 Å². The summed E-state index contributed by atoms with van der Waals surface area (Å²) in [4.78, 5) is 10.0. The Morgan fingerprint density at radius 1 is 1.70 bits per heavy atom. The summed E-state index contributed by atoms with van der Waals surface area (Å²) in [5.74, 6) is -0.809. The fourth-order valence-corrected chi connectivity index (χ4v) is 0.697. The maximum absolute atomic E-state index is 10.0. The highest BCUT2D eigenvalue weighted by Crippen LogP contribution is 1.96. The third-order valence-electron chi connectivity index (χ3n) is 1.10. The standard InChI is InChI=1S/C6H13NO2.ClH/c1-2-3-5(7)4-6(8)9;/h5H,2-4,7H2,1H3,(H,8,9);1H. The molecule has 10 heavy (non-hydrogen) atoms. The highest BCUT2D eigenvalue weighted by molar-refractivity contribution is 5.85. The second-order valence-electron chi connectivity index (χ2n) is 2.15. The van der Waals surface area contributed by atoms with Crippen LogP contribution in [0.2, 0.25) is 0 Å². The predicted octanol–water partition coefficient (Wildman–Crippen LogP) is 1.01. The molecule has 0 saturated carbocycles. The predicted molar refractivity (Wildman–Crippen MR) is 42.4 cm³/mol. The van der Waals surface area contributed by atoms with Crippen LogP contribution >= 0.6 is 12.4 Å². The van der Waals surface area contributed by atoms with Gasteiger partial charge in [-0.1, -0.05) is 13.3 Å². The molecule has 0 aromatic rings. The van der Waals surface area contributed by atoms with Crippen LogP contribution < -0.4 is 5.73 Å². The van der Waals surface area contributed by atoms with Gasteiger partial charge in [-0.15, -0.1) is 12.4 Å². The Kier molecular flexibility index (Phi) is 8.48. The molecule has 0 radical (unpaired) electrons. The largest absolute Gasteiger partial charge is 0.481 e. The molecule has 0 heterocycles. The van der Waals surface area contributed by atoms with E-state index in [0.717, 1.165) is 12.8 Å². The van der Waals surface area contributed by atoms with Crippen LogP contribution in [0.1, 0.15) is 26.2 Å². The number of carbonyl (C=O) groups is 1. The molecule has 0 aromatic carbocycles. The third-order valence-corrected chi connectivity index (χ3v) is 1.10. The van der Waals surface area contributed by atoms with Crippen molar-refractivity contribution in [3.8, 4) is 0 Å². The molecular weight excluding hydrogens is 154 g/mol. The summed E-state index contributed by atoms with van der Waals surface area (Å²) in [6.07, 6.45) is 1.84. The van der Waals surface area contributed by atoms with Crippen LogP contribution in [-0.2, 0) is 4.79 Å². The van der Waals surface area contributed by atoms with Crippen LogP contribution in [0.15, 0.2) is 0 Å². The quantitative estimate of drug-likeness (QED) is 0.657. The summed E-state index contributed by atoms with van der Waals surface area (Å²) in [6, 6.07) is -0.160. The van der Waals surface area contributed by atoms with Gasteiger partial charge in [0.05, 0.1) is 6.42 Å². The molecule has 1 unspecified atom stereocenters. The summed E-state index contributed by atoms with van der Waals surface area (Å²) >= 11 is 0. The zero-order chi connectivity index (χ0) is 7.28. The molecule has 0 aliphatic carbocycles. The number of hydrogen-bond acceptors (Lipinski definition) is 2. The minimum absolute atomic E-state index is 0. The first kappa shape index (κ1) is 12.4. The lowest BCUT2D eigenvalue weighted by molar-refractivity contribution is -0.137. The molecule has 0 aliphatic rings. The Bertz CT molecular complexity index is 97.7. The van der Waals surface area contributed by atoms with E-state index in [1.165, 1.54) is 0 Å². The van der Waals surface area contributed by atoms with E-state index in [9.17, 15) is 4.79 Å². The smallest absolute Gasteiger partial charge is 0.304 e. The van der Waals surface area contributed by atoms with Crippen molar-refractivity contribution in [2.75, 3.05) is 0 Å². The highest BCUT2D eigenvalue weighted by Gasteiger charge is 2.04. The van der Waals surface area contributed by atoms with E-state index in [4.69, 9.17) is 10.8 Å². The maximum atomic E-state index is 10.0. The molecule has 0 amide bonds. The van der Waals surface area contributed by atoms with Gasteiger partial charge in [-0.2, -0.15) is 0 Å². The molecule has 0 aromatic heterocycles. The Balaban J connectivity index is 0. The fraction of sp³-hybridized carbons (Fsp3) is 0.833. The molecule has 1 atom stereocenters. The first-order valence-corrected chi connectivity index (χ1v) is 3.14. The van der Waals surface area contributed by atoms with Gasteiger partial charge in [-0.3, -0.25) is 4.79 Å². The molecule has 3 N–H and O–H groups in total. The zero-order valence-corrected chi connectivity index (χ0v) is 6.86. The Morgan fingerprint density at radius 3 is 2.50 bits per heavy atom. The van der Waals surface area contributed by atoms with Gasteiger partial charge in [0.15, 0.2) is 0 Å². The average molecular weight is 168 g/mol. The number of halogens is 1. The van der Waals surface area contributed by atoms with Crippen molar-refractivity contribution in [1.82, 2.24) is 0 Å². The summed E-state index contributed by atoms with van der Waals surface area (Å²) in [5, 5.41) is 8.23. The molecule has 0 rings (SSSR count). The molecule has 4 heteroatoms. The minimum Gasteiger partial charge on any atom is -0.481 e. The van der Waals surface area contributed by atoms with Crippen LogP contribution in [0.25, 0.3) is 0 Å². The van der Waals surface area contributed by atoms with Gasteiger partial charge in [0.2, 0.25) is 0 Å². The Morgan fingerprint density at radius 2 is 2.20 bits per heavy atom. The normalized spacial score (nSPS) is 11.8. The first-order chi connectivity index (χ1) is 4.16. The second kappa shape index (κ2) is 6.83. The van der Waals surface area contributed by atoms with E-state index in [0.29, 0.717) is 0 Å². The lowest BCUT2D eigenvalue weighted by Gasteiger charge is -2.04. The number of carboxylic acid groups (broad SMARTS) is 1. The molecule has 0 spiro atoms. The lowest BCUT2D eigenvalue weighted by Crippen LogP contribution is -2.22. The van der Waals surface area contributed by atoms with Crippen LogP contribution in [0.3, 0.4) is 0 Å². The fourth-order valence-electron chi connectivity index (χ4n) is 0.697. The van der Waals surface area contributed by atoms with Gasteiger partial charge in [0.25, 0.3) is 0 Å². The van der Waals surface area contributed by atoms with Crippen molar-refractivity contribution >= 4 is 18.4 Å². The van der Waals surface area contributed by atoms with E-state index in [-0.39, 0.29) is 24.9 Å². The molecular formula is C6H14ClNO2. The molecule has 0 saturated heterocycles. The summed E-state index contributed by atoms with van der Waals surface area (Å²) < 4.78 is 0. The number of aliphatic carboxylic acids is 1. The van der Waals surface area contributed by atoms with Gasteiger partial charge in [-0.25, -0.2) is 0 Å². The van der Waals surface area contributed by atoms with E-state index in [2.05, 4.69) is 0 Å².